The van der Waals surface area contributed by atoms with Gasteiger partial charge in [0.15, 0.2) is 0 Å². The zero-order chi connectivity index (χ0) is 11.6. The van der Waals surface area contributed by atoms with Gasteiger partial charge in [-0.1, -0.05) is 33.6 Å². The molecule has 0 spiro atoms. The normalized spacial score (nSPS) is 12.0. The van der Waals surface area contributed by atoms with Crippen LogP contribution >= 0.6 is 0 Å². The molecule has 0 radical (unpaired) electrons. The van der Waals surface area contributed by atoms with Crippen LogP contribution in [0.15, 0.2) is 0 Å². The molecule has 0 saturated heterocycles. The molecule has 0 N–H and O–H groups in total. The molecule has 2 heteroatoms. The van der Waals surface area contributed by atoms with Crippen molar-refractivity contribution in [2.75, 3.05) is 26.9 Å². The highest BCUT2D eigenvalue weighted by atomic mass is 16.5. The molecule has 0 aliphatic rings. The Balaban J connectivity index is 2.99. The molecule has 0 heterocycles. The standard InChI is InChI=1S/C13H28O2/c1-13(2,3)9-6-5-7-11-15-12-8-10-14-4/h5-12H2,1-4H3. The predicted octanol–water partition coefficient (Wildman–Crippen LogP) is 3.65. The van der Waals surface area contributed by atoms with Crippen molar-refractivity contribution >= 4 is 0 Å². The number of ether oxygens (including phenoxy) is 2. The molecule has 0 aliphatic carbocycles. The first-order valence-corrected chi connectivity index (χ1v) is 6.13. The largest absolute Gasteiger partial charge is 0.385 e. The zero-order valence-corrected chi connectivity index (χ0v) is 11.0. The Morgan fingerprint density at radius 3 is 2.07 bits per heavy atom. The smallest absolute Gasteiger partial charge is 0.0487 e. The fourth-order valence-corrected chi connectivity index (χ4v) is 1.44. The predicted molar refractivity (Wildman–Crippen MR) is 65.2 cm³/mol. The zero-order valence-electron chi connectivity index (χ0n) is 11.0. The van der Waals surface area contributed by atoms with Gasteiger partial charge in [-0.2, -0.15) is 0 Å². The number of methoxy groups -OCH3 is 1. The molecular formula is C13H28O2. The van der Waals surface area contributed by atoms with Crippen molar-refractivity contribution in [2.24, 2.45) is 5.41 Å². The van der Waals surface area contributed by atoms with E-state index in [4.69, 9.17) is 9.47 Å². The Morgan fingerprint density at radius 1 is 0.800 bits per heavy atom. The Labute approximate surface area is 95.3 Å². The lowest BCUT2D eigenvalue weighted by molar-refractivity contribution is 0.0997. The Hall–Kier alpha value is -0.0800. The lowest BCUT2D eigenvalue weighted by Crippen LogP contribution is -2.05. The van der Waals surface area contributed by atoms with Gasteiger partial charge in [0.25, 0.3) is 0 Å². The third-order valence-electron chi connectivity index (χ3n) is 2.35. The monoisotopic (exact) mass is 216 g/mol. The average molecular weight is 216 g/mol. The summed E-state index contributed by atoms with van der Waals surface area (Å²) in [4.78, 5) is 0. The summed E-state index contributed by atoms with van der Waals surface area (Å²) in [5.41, 5.74) is 0.485. The maximum Gasteiger partial charge on any atom is 0.0487 e. The van der Waals surface area contributed by atoms with E-state index in [2.05, 4.69) is 20.8 Å². The minimum Gasteiger partial charge on any atom is -0.385 e. The number of unbranched alkanes of at least 4 members (excludes halogenated alkanes) is 2. The molecule has 92 valence electrons. The first kappa shape index (κ1) is 14.9. The van der Waals surface area contributed by atoms with Crippen LogP contribution in [0.25, 0.3) is 0 Å². The summed E-state index contributed by atoms with van der Waals surface area (Å²) >= 11 is 0. The van der Waals surface area contributed by atoms with Gasteiger partial charge in [-0.05, 0) is 24.7 Å². The minimum atomic E-state index is 0.485. The number of rotatable bonds is 9. The molecular weight excluding hydrogens is 188 g/mol. The van der Waals surface area contributed by atoms with E-state index in [9.17, 15) is 0 Å². The fraction of sp³-hybridized carbons (Fsp3) is 1.00. The molecule has 0 rings (SSSR count). The van der Waals surface area contributed by atoms with Crippen molar-refractivity contribution in [3.8, 4) is 0 Å². The van der Waals surface area contributed by atoms with Gasteiger partial charge in [0.05, 0.1) is 0 Å². The van der Waals surface area contributed by atoms with Crippen molar-refractivity contribution in [3.05, 3.63) is 0 Å². The fourth-order valence-electron chi connectivity index (χ4n) is 1.44. The quantitative estimate of drug-likeness (QED) is 0.548. The molecule has 0 amide bonds. The second-order valence-corrected chi connectivity index (χ2v) is 5.33. The summed E-state index contributed by atoms with van der Waals surface area (Å²) in [7, 11) is 1.73. The first-order chi connectivity index (χ1) is 7.06. The highest BCUT2D eigenvalue weighted by Gasteiger charge is 2.08. The van der Waals surface area contributed by atoms with Gasteiger partial charge in [0.1, 0.15) is 0 Å². The molecule has 0 aromatic rings. The van der Waals surface area contributed by atoms with Crippen molar-refractivity contribution in [1.82, 2.24) is 0 Å². The first-order valence-electron chi connectivity index (χ1n) is 6.13. The highest BCUT2D eigenvalue weighted by molar-refractivity contribution is 4.60. The van der Waals surface area contributed by atoms with Gasteiger partial charge in [-0.15, -0.1) is 0 Å². The lowest BCUT2D eigenvalue weighted by atomic mass is 9.89. The van der Waals surface area contributed by atoms with Gasteiger partial charge in [0.2, 0.25) is 0 Å². The van der Waals surface area contributed by atoms with E-state index in [1.165, 1.54) is 25.7 Å². The maximum atomic E-state index is 5.49. The van der Waals surface area contributed by atoms with Gasteiger partial charge in [-0.3, -0.25) is 0 Å². The van der Waals surface area contributed by atoms with E-state index in [1.807, 2.05) is 0 Å². The lowest BCUT2D eigenvalue weighted by Gasteiger charge is -2.17. The average Bonchev–Trinajstić information content (AvgIpc) is 2.14. The van der Waals surface area contributed by atoms with Crippen molar-refractivity contribution in [2.45, 2.75) is 52.9 Å². The van der Waals surface area contributed by atoms with Gasteiger partial charge < -0.3 is 9.47 Å². The maximum absolute atomic E-state index is 5.49. The molecule has 0 atom stereocenters. The molecule has 0 fully saturated rings. The summed E-state index contributed by atoms with van der Waals surface area (Å²) in [6.07, 6.45) is 6.14. The summed E-state index contributed by atoms with van der Waals surface area (Å²) in [6.45, 7) is 9.46. The van der Waals surface area contributed by atoms with Crippen LogP contribution in [0.4, 0.5) is 0 Å². The van der Waals surface area contributed by atoms with Crippen molar-refractivity contribution < 1.29 is 9.47 Å². The second-order valence-electron chi connectivity index (χ2n) is 5.33. The molecule has 0 aromatic carbocycles. The number of hydrogen-bond acceptors (Lipinski definition) is 2. The molecule has 0 aromatic heterocycles. The topological polar surface area (TPSA) is 18.5 Å². The van der Waals surface area contributed by atoms with Crippen LogP contribution in [-0.4, -0.2) is 26.9 Å². The van der Waals surface area contributed by atoms with Crippen LogP contribution < -0.4 is 0 Å². The molecule has 0 bridgehead atoms. The Bertz CT molecular complexity index is 127. The molecule has 0 unspecified atom stereocenters. The summed E-state index contributed by atoms with van der Waals surface area (Å²) in [5.74, 6) is 0. The van der Waals surface area contributed by atoms with Crippen molar-refractivity contribution in [1.29, 1.82) is 0 Å². The third kappa shape index (κ3) is 13.9. The van der Waals surface area contributed by atoms with Crippen LogP contribution in [0, 0.1) is 5.41 Å². The van der Waals surface area contributed by atoms with Crippen molar-refractivity contribution in [3.63, 3.8) is 0 Å². The van der Waals surface area contributed by atoms with Crippen LogP contribution in [0.5, 0.6) is 0 Å². The highest BCUT2D eigenvalue weighted by Crippen LogP contribution is 2.21. The van der Waals surface area contributed by atoms with Crippen LogP contribution in [0.2, 0.25) is 0 Å². The Morgan fingerprint density at radius 2 is 1.47 bits per heavy atom. The minimum absolute atomic E-state index is 0.485. The van der Waals surface area contributed by atoms with E-state index < -0.39 is 0 Å². The van der Waals surface area contributed by atoms with E-state index in [0.29, 0.717) is 5.41 Å². The molecule has 0 saturated carbocycles. The summed E-state index contributed by atoms with van der Waals surface area (Å²) < 4.78 is 10.4. The second kappa shape index (κ2) is 9.17. The SMILES string of the molecule is COCCCOCCCCCC(C)(C)C. The van der Waals surface area contributed by atoms with E-state index in [0.717, 1.165) is 26.2 Å². The van der Waals surface area contributed by atoms with Gasteiger partial charge >= 0.3 is 0 Å². The molecule has 15 heavy (non-hydrogen) atoms. The van der Waals surface area contributed by atoms with E-state index >= 15 is 0 Å². The Kier molecular flexibility index (Phi) is 9.12. The summed E-state index contributed by atoms with van der Waals surface area (Å²) in [5, 5.41) is 0. The molecule has 2 nitrogen and oxygen atoms in total. The molecule has 0 aliphatic heterocycles. The van der Waals surface area contributed by atoms with E-state index in [-0.39, 0.29) is 0 Å². The number of hydrogen-bond donors (Lipinski definition) is 0. The van der Waals surface area contributed by atoms with Crippen LogP contribution in [-0.2, 0) is 9.47 Å². The van der Waals surface area contributed by atoms with Crippen LogP contribution in [0.1, 0.15) is 52.9 Å². The summed E-state index contributed by atoms with van der Waals surface area (Å²) in [6, 6.07) is 0. The van der Waals surface area contributed by atoms with Gasteiger partial charge in [-0.25, -0.2) is 0 Å². The third-order valence-corrected chi connectivity index (χ3v) is 2.35. The van der Waals surface area contributed by atoms with Crippen LogP contribution in [0.3, 0.4) is 0 Å². The van der Waals surface area contributed by atoms with Gasteiger partial charge in [0, 0.05) is 26.9 Å². The van der Waals surface area contributed by atoms with E-state index in [1.54, 1.807) is 7.11 Å².